The van der Waals surface area contributed by atoms with Gasteiger partial charge in [0.25, 0.3) is 5.91 Å². The number of carbonyl (C=O) groups excluding carboxylic acids is 2. The molecule has 0 saturated carbocycles. The van der Waals surface area contributed by atoms with Gasteiger partial charge in [-0.2, -0.15) is 0 Å². The number of hydrogen-bond donors (Lipinski definition) is 0. The van der Waals surface area contributed by atoms with E-state index in [1.165, 1.54) is 6.26 Å². The van der Waals surface area contributed by atoms with E-state index in [1.807, 2.05) is 0 Å². The van der Waals surface area contributed by atoms with E-state index < -0.39 is 5.60 Å². The predicted molar refractivity (Wildman–Crippen MR) is 71.8 cm³/mol. The molecule has 2 aliphatic heterocycles. The highest BCUT2D eigenvalue weighted by Crippen LogP contribution is 2.23. The molecule has 3 heterocycles. The normalized spacial score (nSPS) is 27.0. The summed E-state index contributed by atoms with van der Waals surface area (Å²) in [5, 5.41) is 0. The fourth-order valence-electron chi connectivity index (χ4n) is 2.71. The second kappa shape index (κ2) is 5.50. The van der Waals surface area contributed by atoms with Gasteiger partial charge in [-0.15, -0.1) is 0 Å². The van der Waals surface area contributed by atoms with E-state index in [2.05, 4.69) is 0 Å². The smallest absolute Gasteiger partial charge is 0.289 e. The van der Waals surface area contributed by atoms with Crippen LogP contribution in [0.5, 0.6) is 0 Å². The van der Waals surface area contributed by atoms with Gasteiger partial charge in [0.15, 0.2) is 5.76 Å². The van der Waals surface area contributed by atoms with Crippen LogP contribution in [0.2, 0.25) is 0 Å². The highest BCUT2D eigenvalue weighted by molar-refractivity contribution is 5.91. The number of morpholine rings is 1. The SMILES string of the molecule is CN1C[C@@]2(COCCN(C(=O)c3ccco3)C2)OCC1=O. The molecular weight excluding hydrogens is 276 g/mol. The minimum atomic E-state index is -0.665. The molecule has 1 spiro atoms. The molecule has 114 valence electrons. The molecule has 2 amide bonds. The molecule has 1 atom stereocenters. The van der Waals surface area contributed by atoms with Gasteiger partial charge in [0.05, 0.1) is 32.6 Å². The number of furan rings is 1. The number of carbonyl (C=O) groups is 2. The first kappa shape index (κ1) is 14.1. The monoisotopic (exact) mass is 294 g/mol. The maximum atomic E-state index is 12.4. The number of ether oxygens (including phenoxy) is 2. The van der Waals surface area contributed by atoms with E-state index in [4.69, 9.17) is 13.9 Å². The van der Waals surface area contributed by atoms with Gasteiger partial charge < -0.3 is 23.7 Å². The van der Waals surface area contributed by atoms with Crippen LogP contribution in [0.15, 0.2) is 22.8 Å². The van der Waals surface area contributed by atoms with Crippen molar-refractivity contribution < 1.29 is 23.5 Å². The van der Waals surface area contributed by atoms with Gasteiger partial charge in [-0.05, 0) is 12.1 Å². The van der Waals surface area contributed by atoms with Crippen LogP contribution in [-0.2, 0) is 14.3 Å². The molecule has 0 N–H and O–H groups in total. The van der Waals surface area contributed by atoms with Crippen molar-refractivity contribution in [3.8, 4) is 0 Å². The van der Waals surface area contributed by atoms with Crippen molar-refractivity contribution in [2.24, 2.45) is 0 Å². The van der Waals surface area contributed by atoms with Crippen LogP contribution < -0.4 is 0 Å². The Morgan fingerprint density at radius 2 is 2.24 bits per heavy atom. The van der Waals surface area contributed by atoms with E-state index in [1.54, 1.807) is 29.0 Å². The van der Waals surface area contributed by atoms with Gasteiger partial charge in [0.1, 0.15) is 12.2 Å². The Hall–Kier alpha value is -1.86. The third-order valence-electron chi connectivity index (χ3n) is 3.82. The summed E-state index contributed by atoms with van der Waals surface area (Å²) < 4.78 is 16.5. The number of rotatable bonds is 1. The van der Waals surface area contributed by atoms with E-state index >= 15 is 0 Å². The Morgan fingerprint density at radius 3 is 2.95 bits per heavy atom. The number of likely N-dealkylation sites (N-methyl/N-ethyl adjacent to an activating group) is 1. The van der Waals surface area contributed by atoms with Crippen LogP contribution in [0, 0.1) is 0 Å². The first-order chi connectivity index (χ1) is 10.1. The Labute approximate surface area is 122 Å². The second-order valence-electron chi connectivity index (χ2n) is 5.48. The van der Waals surface area contributed by atoms with Crippen molar-refractivity contribution in [3.05, 3.63) is 24.2 Å². The summed E-state index contributed by atoms with van der Waals surface area (Å²) in [6.45, 7) is 2.09. The van der Waals surface area contributed by atoms with Gasteiger partial charge >= 0.3 is 0 Å². The van der Waals surface area contributed by atoms with Gasteiger partial charge in [-0.3, -0.25) is 9.59 Å². The summed E-state index contributed by atoms with van der Waals surface area (Å²) in [5.74, 6) is 0.0501. The topological polar surface area (TPSA) is 72.2 Å². The van der Waals surface area contributed by atoms with Crippen LogP contribution >= 0.6 is 0 Å². The van der Waals surface area contributed by atoms with Crippen molar-refractivity contribution >= 4 is 11.8 Å². The summed E-state index contributed by atoms with van der Waals surface area (Å²) in [6.07, 6.45) is 1.47. The van der Waals surface area contributed by atoms with Crippen LogP contribution in [0.4, 0.5) is 0 Å². The van der Waals surface area contributed by atoms with Crippen molar-refractivity contribution in [3.63, 3.8) is 0 Å². The maximum Gasteiger partial charge on any atom is 0.289 e. The number of amides is 2. The molecule has 0 unspecified atom stereocenters. The molecule has 2 fully saturated rings. The molecule has 7 nitrogen and oxygen atoms in total. The summed E-state index contributed by atoms with van der Waals surface area (Å²) in [6, 6.07) is 3.32. The lowest BCUT2D eigenvalue weighted by Gasteiger charge is -2.41. The minimum Gasteiger partial charge on any atom is -0.459 e. The summed E-state index contributed by atoms with van der Waals surface area (Å²) in [5.41, 5.74) is -0.665. The quantitative estimate of drug-likeness (QED) is 0.728. The zero-order valence-electron chi connectivity index (χ0n) is 11.9. The molecule has 2 aliphatic rings. The maximum absolute atomic E-state index is 12.4. The molecule has 1 aromatic heterocycles. The first-order valence-electron chi connectivity index (χ1n) is 6.88. The molecule has 21 heavy (non-hydrogen) atoms. The Kier molecular flexibility index (Phi) is 3.69. The van der Waals surface area contributed by atoms with Crippen LogP contribution in [-0.4, -0.2) is 73.7 Å². The molecule has 0 radical (unpaired) electrons. The van der Waals surface area contributed by atoms with Crippen molar-refractivity contribution in [2.45, 2.75) is 5.60 Å². The minimum absolute atomic E-state index is 0.0165. The lowest BCUT2D eigenvalue weighted by Crippen LogP contribution is -2.60. The Bertz CT molecular complexity index is 529. The molecule has 0 bridgehead atoms. The number of nitrogens with zero attached hydrogens (tertiary/aromatic N) is 2. The van der Waals surface area contributed by atoms with Gasteiger partial charge in [0, 0.05) is 13.6 Å². The zero-order chi connectivity index (χ0) is 14.9. The molecule has 1 aromatic rings. The van der Waals surface area contributed by atoms with Crippen molar-refractivity contribution in [1.29, 1.82) is 0 Å². The average molecular weight is 294 g/mol. The fourth-order valence-corrected chi connectivity index (χ4v) is 2.71. The third kappa shape index (κ3) is 2.79. The van der Waals surface area contributed by atoms with Gasteiger partial charge in [-0.25, -0.2) is 0 Å². The Balaban J connectivity index is 1.77. The fraction of sp³-hybridized carbons (Fsp3) is 0.571. The lowest BCUT2D eigenvalue weighted by atomic mass is 10.0. The van der Waals surface area contributed by atoms with Crippen LogP contribution in [0.25, 0.3) is 0 Å². The third-order valence-corrected chi connectivity index (χ3v) is 3.82. The highest BCUT2D eigenvalue weighted by atomic mass is 16.6. The lowest BCUT2D eigenvalue weighted by molar-refractivity contribution is -0.169. The van der Waals surface area contributed by atoms with Crippen LogP contribution in [0.1, 0.15) is 10.6 Å². The summed E-state index contributed by atoms with van der Waals surface area (Å²) in [4.78, 5) is 27.3. The zero-order valence-corrected chi connectivity index (χ0v) is 11.9. The molecular formula is C14H18N2O5. The molecule has 3 rings (SSSR count). The average Bonchev–Trinajstić information content (AvgIpc) is 2.93. The van der Waals surface area contributed by atoms with Gasteiger partial charge in [-0.1, -0.05) is 0 Å². The van der Waals surface area contributed by atoms with E-state index in [0.29, 0.717) is 38.6 Å². The highest BCUT2D eigenvalue weighted by Gasteiger charge is 2.43. The summed E-state index contributed by atoms with van der Waals surface area (Å²) >= 11 is 0. The van der Waals surface area contributed by atoms with E-state index in [0.717, 1.165) is 0 Å². The van der Waals surface area contributed by atoms with Crippen LogP contribution in [0.3, 0.4) is 0 Å². The second-order valence-corrected chi connectivity index (χ2v) is 5.48. The molecule has 7 heteroatoms. The van der Waals surface area contributed by atoms with Crippen molar-refractivity contribution in [2.75, 3.05) is 46.5 Å². The predicted octanol–water partition coefficient (Wildman–Crippen LogP) is -0.0206. The molecule has 0 aromatic carbocycles. The first-order valence-corrected chi connectivity index (χ1v) is 6.88. The van der Waals surface area contributed by atoms with Gasteiger partial charge in [0.2, 0.25) is 5.91 Å². The molecule has 0 aliphatic carbocycles. The molecule has 2 saturated heterocycles. The van der Waals surface area contributed by atoms with Crippen molar-refractivity contribution in [1.82, 2.24) is 9.80 Å². The largest absolute Gasteiger partial charge is 0.459 e. The summed E-state index contributed by atoms with van der Waals surface area (Å²) in [7, 11) is 1.73. The Morgan fingerprint density at radius 1 is 1.38 bits per heavy atom. The van der Waals surface area contributed by atoms with E-state index in [-0.39, 0.29) is 18.4 Å². The number of hydrogen-bond acceptors (Lipinski definition) is 5. The van der Waals surface area contributed by atoms with E-state index in [9.17, 15) is 9.59 Å². The standard InChI is InChI=1S/C14H18N2O5/c1-15-8-14(21-7-12(15)17)9-16(4-6-19-10-14)13(18)11-3-2-5-20-11/h2-3,5H,4,6-10H2,1H3/t14-/m1/s1.